The average Bonchev–Trinajstić information content (AvgIpc) is 2.67. The first-order valence-electron chi connectivity index (χ1n) is 7.95. The summed E-state index contributed by atoms with van der Waals surface area (Å²) in [5.74, 6) is 2.04. The topological polar surface area (TPSA) is 97.3 Å². The molecule has 2 aromatic carbocycles. The molecule has 0 bridgehead atoms. The van der Waals surface area contributed by atoms with Crippen LogP contribution >= 0.6 is 0 Å². The number of aromatic nitrogens is 2. The molecular weight excluding hydrogens is 330 g/mol. The highest BCUT2D eigenvalue weighted by atomic mass is 16.5. The number of nitrogens with two attached hydrogens (primary N) is 1. The second-order valence-electron chi connectivity index (χ2n) is 5.80. The van der Waals surface area contributed by atoms with Gasteiger partial charge in [0.05, 0.1) is 31.4 Å². The Kier molecular flexibility index (Phi) is 4.76. The van der Waals surface area contributed by atoms with Gasteiger partial charge in [-0.15, -0.1) is 0 Å². The van der Waals surface area contributed by atoms with E-state index >= 15 is 0 Å². The molecule has 0 atom stereocenters. The summed E-state index contributed by atoms with van der Waals surface area (Å²) in [6.45, 7) is 0.587. The molecule has 7 nitrogen and oxygen atoms in total. The molecule has 26 heavy (non-hydrogen) atoms. The van der Waals surface area contributed by atoms with E-state index in [1.807, 2.05) is 24.1 Å². The molecule has 0 unspecified atom stereocenters. The number of nitrogen functional groups attached to an aromatic ring is 1. The van der Waals surface area contributed by atoms with Crippen molar-refractivity contribution in [1.82, 2.24) is 9.97 Å². The van der Waals surface area contributed by atoms with Gasteiger partial charge in [-0.25, -0.2) is 4.98 Å². The van der Waals surface area contributed by atoms with Crippen LogP contribution in [0.25, 0.3) is 10.9 Å². The number of hydrogen-bond acceptors (Lipinski definition) is 7. The standard InChI is InChI=1S/C19H19N5O2/c1-24(11-13-6-4-12(10-20)5-7-13)19-22-15-9-17(26-3)16(25-2)8-14(15)18(21)23-19/h4-9H,11H2,1-3H3,(H2,21,22,23). The third kappa shape index (κ3) is 3.30. The van der Waals surface area contributed by atoms with Crippen LogP contribution in [0.3, 0.4) is 0 Å². The molecule has 0 saturated heterocycles. The van der Waals surface area contributed by atoms with Gasteiger partial charge < -0.3 is 20.1 Å². The Labute approximate surface area is 151 Å². The zero-order valence-corrected chi connectivity index (χ0v) is 14.9. The second-order valence-corrected chi connectivity index (χ2v) is 5.80. The highest BCUT2D eigenvalue weighted by molar-refractivity contribution is 5.91. The van der Waals surface area contributed by atoms with Gasteiger partial charge >= 0.3 is 0 Å². The Morgan fingerprint density at radius 3 is 2.35 bits per heavy atom. The van der Waals surface area contributed by atoms with Crippen molar-refractivity contribution in [1.29, 1.82) is 5.26 Å². The Bertz CT molecular complexity index is 980. The first-order chi connectivity index (χ1) is 12.5. The smallest absolute Gasteiger partial charge is 0.227 e. The van der Waals surface area contributed by atoms with Crippen molar-refractivity contribution in [3.05, 3.63) is 47.5 Å². The summed E-state index contributed by atoms with van der Waals surface area (Å²) in [7, 11) is 5.03. The fourth-order valence-electron chi connectivity index (χ4n) is 2.67. The molecule has 0 radical (unpaired) electrons. The molecule has 2 N–H and O–H groups in total. The third-order valence-corrected chi connectivity index (χ3v) is 4.06. The lowest BCUT2D eigenvalue weighted by Crippen LogP contribution is -2.19. The summed E-state index contributed by atoms with van der Waals surface area (Å²) in [6, 6.07) is 13.1. The average molecular weight is 349 g/mol. The van der Waals surface area contributed by atoms with E-state index in [-0.39, 0.29) is 0 Å². The van der Waals surface area contributed by atoms with E-state index in [9.17, 15) is 0 Å². The van der Waals surface area contributed by atoms with Crippen LogP contribution < -0.4 is 20.1 Å². The fraction of sp³-hybridized carbons (Fsp3) is 0.211. The van der Waals surface area contributed by atoms with Crippen LogP contribution in [0.5, 0.6) is 11.5 Å². The minimum atomic E-state index is 0.373. The minimum absolute atomic E-state index is 0.373. The number of rotatable bonds is 5. The minimum Gasteiger partial charge on any atom is -0.493 e. The first-order valence-corrected chi connectivity index (χ1v) is 7.95. The molecule has 0 aliphatic rings. The number of hydrogen-bond donors (Lipinski definition) is 1. The first kappa shape index (κ1) is 17.3. The zero-order valence-electron chi connectivity index (χ0n) is 14.9. The molecule has 0 fully saturated rings. The molecule has 0 aliphatic carbocycles. The second kappa shape index (κ2) is 7.15. The van der Waals surface area contributed by atoms with E-state index < -0.39 is 0 Å². The van der Waals surface area contributed by atoms with Crippen molar-refractivity contribution >= 4 is 22.7 Å². The van der Waals surface area contributed by atoms with Gasteiger partial charge in [0.1, 0.15) is 5.82 Å². The van der Waals surface area contributed by atoms with Gasteiger partial charge in [-0.2, -0.15) is 10.2 Å². The van der Waals surface area contributed by atoms with Crippen LogP contribution in [0.2, 0.25) is 0 Å². The van der Waals surface area contributed by atoms with E-state index in [1.54, 1.807) is 38.5 Å². The highest BCUT2D eigenvalue weighted by Crippen LogP contribution is 2.34. The number of anilines is 2. The quantitative estimate of drug-likeness (QED) is 0.756. The molecule has 1 heterocycles. The third-order valence-electron chi connectivity index (χ3n) is 4.06. The van der Waals surface area contributed by atoms with Crippen LogP contribution in [0.1, 0.15) is 11.1 Å². The molecule has 132 valence electrons. The van der Waals surface area contributed by atoms with Crippen LogP contribution in [0, 0.1) is 11.3 Å². The summed E-state index contributed by atoms with van der Waals surface area (Å²) < 4.78 is 10.6. The van der Waals surface area contributed by atoms with Crippen molar-refractivity contribution in [2.45, 2.75) is 6.54 Å². The van der Waals surface area contributed by atoms with Gasteiger partial charge in [0.2, 0.25) is 5.95 Å². The molecule has 0 spiro atoms. The van der Waals surface area contributed by atoms with Crippen LogP contribution in [0.15, 0.2) is 36.4 Å². The summed E-state index contributed by atoms with van der Waals surface area (Å²) >= 11 is 0. The van der Waals surface area contributed by atoms with Crippen molar-refractivity contribution in [2.24, 2.45) is 0 Å². The number of methoxy groups -OCH3 is 2. The maximum atomic E-state index is 8.89. The number of ether oxygens (including phenoxy) is 2. The lowest BCUT2D eigenvalue weighted by Gasteiger charge is -2.18. The number of fused-ring (bicyclic) bond motifs is 1. The van der Waals surface area contributed by atoms with Gasteiger partial charge in [-0.05, 0) is 23.8 Å². The lowest BCUT2D eigenvalue weighted by atomic mass is 10.1. The van der Waals surface area contributed by atoms with Gasteiger partial charge in [-0.3, -0.25) is 0 Å². The van der Waals surface area contributed by atoms with E-state index in [4.69, 9.17) is 20.5 Å². The number of nitriles is 1. The van der Waals surface area contributed by atoms with Crippen molar-refractivity contribution in [2.75, 3.05) is 31.9 Å². The molecular formula is C19H19N5O2. The molecule has 7 heteroatoms. The maximum absolute atomic E-state index is 8.89. The van der Waals surface area contributed by atoms with Crippen molar-refractivity contribution in [3.8, 4) is 17.6 Å². The summed E-state index contributed by atoms with van der Waals surface area (Å²) in [4.78, 5) is 10.9. The van der Waals surface area contributed by atoms with Gasteiger partial charge in [0.25, 0.3) is 0 Å². The normalized spacial score (nSPS) is 10.4. The molecule has 0 amide bonds. The monoisotopic (exact) mass is 349 g/mol. The predicted octanol–water partition coefficient (Wildman–Crippen LogP) is 2.74. The summed E-state index contributed by atoms with van der Waals surface area (Å²) in [6.07, 6.45) is 0. The van der Waals surface area contributed by atoms with E-state index in [2.05, 4.69) is 16.0 Å². The fourth-order valence-corrected chi connectivity index (χ4v) is 2.67. The number of benzene rings is 2. The zero-order chi connectivity index (χ0) is 18.7. The maximum Gasteiger partial charge on any atom is 0.227 e. The Balaban J connectivity index is 1.95. The van der Waals surface area contributed by atoms with Crippen LogP contribution in [-0.4, -0.2) is 31.2 Å². The largest absolute Gasteiger partial charge is 0.493 e. The van der Waals surface area contributed by atoms with Gasteiger partial charge in [0.15, 0.2) is 11.5 Å². The predicted molar refractivity (Wildman–Crippen MR) is 100 cm³/mol. The van der Waals surface area contributed by atoms with E-state index in [1.165, 1.54) is 0 Å². The Morgan fingerprint density at radius 2 is 1.73 bits per heavy atom. The molecule has 1 aromatic heterocycles. The van der Waals surface area contributed by atoms with Crippen molar-refractivity contribution < 1.29 is 9.47 Å². The highest BCUT2D eigenvalue weighted by Gasteiger charge is 2.14. The SMILES string of the molecule is COc1cc2nc(N(C)Cc3ccc(C#N)cc3)nc(N)c2cc1OC. The Hall–Kier alpha value is -3.53. The van der Waals surface area contributed by atoms with Crippen LogP contribution in [0.4, 0.5) is 11.8 Å². The van der Waals surface area contributed by atoms with Gasteiger partial charge in [-0.1, -0.05) is 12.1 Å². The number of nitrogens with zero attached hydrogens (tertiary/aromatic N) is 4. The molecule has 3 rings (SSSR count). The van der Waals surface area contributed by atoms with E-state index in [0.717, 1.165) is 5.56 Å². The van der Waals surface area contributed by atoms with Gasteiger partial charge in [0, 0.05) is 25.0 Å². The van der Waals surface area contributed by atoms with E-state index in [0.29, 0.717) is 46.3 Å². The molecule has 0 saturated carbocycles. The lowest BCUT2D eigenvalue weighted by molar-refractivity contribution is 0.356. The van der Waals surface area contributed by atoms with Crippen molar-refractivity contribution in [3.63, 3.8) is 0 Å². The summed E-state index contributed by atoms with van der Waals surface area (Å²) in [5, 5.41) is 9.59. The summed E-state index contributed by atoms with van der Waals surface area (Å²) in [5.41, 5.74) is 8.48. The van der Waals surface area contributed by atoms with Crippen LogP contribution in [-0.2, 0) is 6.54 Å². The Morgan fingerprint density at radius 1 is 1.08 bits per heavy atom. The molecule has 3 aromatic rings. The molecule has 0 aliphatic heterocycles.